The molecule has 0 saturated carbocycles. The van der Waals surface area contributed by atoms with Crippen molar-refractivity contribution in [1.82, 2.24) is 15.3 Å². The van der Waals surface area contributed by atoms with E-state index in [0.717, 1.165) is 36.0 Å². The van der Waals surface area contributed by atoms with E-state index in [0.29, 0.717) is 5.92 Å². The topological polar surface area (TPSA) is 57.8 Å². The molecule has 1 aromatic heterocycles. The standard InChI is InChI=1S/C12H21N3OS/c1-4-5-10-6-11(16)15-12(14-10)17-8-9(2)7-13-3/h6,9,13H,4-5,7-8H2,1-3H3,(H,14,15,16). The zero-order valence-corrected chi connectivity index (χ0v) is 11.6. The summed E-state index contributed by atoms with van der Waals surface area (Å²) in [6.07, 6.45) is 1.88. The average Bonchev–Trinajstić information content (AvgIpc) is 2.26. The highest BCUT2D eigenvalue weighted by molar-refractivity contribution is 7.99. The zero-order chi connectivity index (χ0) is 12.7. The molecule has 0 aliphatic heterocycles. The Morgan fingerprint density at radius 3 is 3.00 bits per heavy atom. The van der Waals surface area contributed by atoms with Crippen molar-refractivity contribution in [3.63, 3.8) is 0 Å². The van der Waals surface area contributed by atoms with E-state index in [1.54, 1.807) is 17.8 Å². The number of hydrogen-bond acceptors (Lipinski definition) is 4. The van der Waals surface area contributed by atoms with Crippen molar-refractivity contribution in [3.8, 4) is 0 Å². The van der Waals surface area contributed by atoms with Gasteiger partial charge in [0.05, 0.1) is 0 Å². The molecule has 1 unspecified atom stereocenters. The van der Waals surface area contributed by atoms with Gasteiger partial charge in [0.1, 0.15) is 0 Å². The molecule has 5 heteroatoms. The molecule has 0 aliphatic rings. The Kier molecular flexibility index (Phi) is 6.29. The van der Waals surface area contributed by atoms with E-state index in [1.807, 2.05) is 7.05 Å². The molecule has 0 spiro atoms. The van der Waals surface area contributed by atoms with Crippen molar-refractivity contribution in [2.45, 2.75) is 31.8 Å². The number of nitrogens with one attached hydrogen (secondary N) is 2. The molecule has 2 N–H and O–H groups in total. The van der Waals surface area contributed by atoms with Crippen molar-refractivity contribution >= 4 is 11.8 Å². The lowest BCUT2D eigenvalue weighted by atomic mass is 10.2. The minimum atomic E-state index is -0.0489. The first-order valence-corrected chi connectivity index (χ1v) is 7.02. The van der Waals surface area contributed by atoms with Gasteiger partial charge in [-0.25, -0.2) is 4.98 Å². The minimum absolute atomic E-state index is 0.0489. The molecule has 0 saturated heterocycles. The Morgan fingerprint density at radius 1 is 1.59 bits per heavy atom. The van der Waals surface area contributed by atoms with Gasteiger partial charge in [-0.3, -0.25) is 4.79 Å². The quantitative estimate of drug-likeness (QED) is 0.575. The van der Waals surface area contributed by atoms with Crippen LogP contribution in [0.25, 0.3) is 0 Å². The maximum Gasteiger partial charge on any atom is 0.251 e. The fourth-order valence-electron chi connectivity index (χ4n) is 1.56. The van der Waals surface area contributed by atoms with Crippen molar-refractivity contribution in [3.05, 3.63) is 22.1 Å². The fourth-order valence-corrected chi connectivity index (χ4v) is 2.48. The van der Waals surface area contributed by atoms with Crippen molar-refractivity contribution in [2.24, 2.45) is 5.92 Å². The van der Waals surface area contributed by atoms with Crippen LogP contribution in [0.5, 0.6) is 0 Å². The van der Waals surface area contributed by atoms with Crippen LogP contribution < -0.4 is 10.9 Å². The molecule has 1 atom stereocenters. The van der Waals surface area contributed by atoms with E-state index in [2.05, 4.69) is 29.1 Å². The summed E-state index contributed by atoms with van der Waals surface area (Å²) in [5, 5.41) is 3.88. The van der Waals surface area contributed by atoms with E-state index in [-0.39, 0.29) is 5.56 Å². The summed E-state index contributed by atoms with van der Waals surface area (Å²) < 4.78 is 0. The first-order chi connectivity index (χ1) is 8.15. The van der Waals surface area contributed by atoms with Crippen LogP contribution in [0.3, 0.4) is 0 Å². The van der Waals surface area contributed by atoms with Gasteiger partial charge in [-0.2, -0.15) is 0 Å². The molecule has 0 amide bonds. The monoisotopic (exact) mass is 255 g/mol. The van der Waals surface area contributed by atoms with E-state index in [1.165, 1.54) is 0 Å². The Bertz CT molecular complexity index is 392. The maximum atomic E-state index is 11.4. The minimum Gasteiger partial charge on any atom is -0.319 e. The summed E-state index contributed by atoms with van der Waals surface area (Å²) in [5.74, 6) is 1.52. The number of aromatic amines is 1. The summed E-state index contributed by atoms with van der Waals surface area (Å²) in [4.78, 5) is 18.7. The van der Waals surface area contributed by atoms with Gasteiger partial charge in [0, 0.05) is 17.5 Å². The fraction of sp³-hybridized carbons (Fsp3) is 0.667. The Balaban J connectivity index is 2.61. The number of nitrogens with zero attached hydrogens (tertiary/aromatic N) is 1. The summed E-state index contributed by atoms with van der Waals surface area (Å²) in [5.41, 5.74) is 0.840. The van der Waals surface area contributed by atoms with Crippen LogP contribution in [-0.2, 0) is 6.42 Å². The predicted octanol–water partition coefficient (Wildman–Crippen LogP) is 1.67. The number of rotatable bonds is 7. The SMILES string of the molecule is CCCc1cc(=O)[nH]c(SCC(C)CNC)n1. The normalized spacial score (nSPS) is 12.6. The molecule has 0 bridgehead atoms. The molecular weight excluding hydrogens is 234 g/mol. The number of aryl methyl sites for hydroxylation is 1. The third-order valence-corrected chi connectivity index (χ3v) is 3.54. The number of thioether (sulfide) groups is 1. The van der Waals surface area contributed by atoms with Gasteiger partial charge < -0.3 is 10.3 Å². The van der Waals surface area contributed by atoms with Gasteiger partial charge in [0.15, 0.2) is 5.16 Å². The summed E-state index contributed by atoms with van der Waals surface area (Å²) in [7, 11) is 1.95. The highest BCUT2D eigenvalue weighted by atomic mass is 32.2. The Hall–Kier alpha value is -0.810. The van der Waals surface area contributed by atoms with Crippen molar-refractivity contribution < 1.29 is 0 Å². The number of aromatic nitrogens is 2. The van der Waals surface area contributed by atoms with Crippen LogP contribution in [0.4, 0.5) is 0 Å². The van der Waals surface area contributed by atoms with Gasteiger partial charge >= 0.3 is 0 Å². The molecule has 4 nitrogen and oxygen atoms in total. The Labute approximate surface area is 107 Å². The molecule has 1 heterocycles. The average molecular weight is 255 g/mol. The third-order valence-electron chi connectivity index (χ3n) is 2.34. The highest BCUT2D eigenvalue weighted by Crippen LogP contribution is 2.15. The number of hydrogen-bond donors (Lipinski definition) is 2. The van der Waals surface area contributed by atoms with E-state index < -0.39 is 0 Å². The molecule has 96 valence electrons. The molecule has 1 aromatic rings. The zero-order valence-electron chi connectivity index (χ0n) is 10.7. The summed E-state index contributed by atoms with van der Waals surface area (Å²) in [6, 6.07) is 1.59. The molecule has 17 heavy (non-hydrogen) atoms. The van der Waals surface area contributed by atoms with Crippen LogP contribution >= 0.6 is 11.8 Å². The van der Waals surface area contributed by atoms with E-state index in [9.17, 15) is 4.79 Å². The van der Waals surface area contributed by atoms with Gasteiger partial charge in [0.25, 0.3) is 5.56 Å². The third kappa shape index (κ3) is 5.37. The molecular formula is C12H21N3OS. The maximum absolute atomic E-state index is 11.4. The van der Waals surface area contributed by atoms with Crippen LogP contribution in [0.2, 0.25) is 0 Å². The summed E-state index contributed by atoms with van der Waals surface area (Å²) >= 11 is 1.62. The van der Waals surface area contributed by atoms with Gasteiger partial charge in [-0.05, 0) is 25.9 Å². The first kappa shape index (κ1) is 14.3. The molecule has 0 aliphatic carbocycles. The smallest absolute Gasteiger partial charge is 0.251 e. The van der Waals surface area contributed by atoms with Gasteiger partial charge in [-0.1, -0.05) is 32.0 Å². The lowest BCUT2D eigenvalue weighted by Gasteiger charge is -2.09. The molecule has 0 fully saturated rings. The first-order valence-electron chi connectivity index (χ1n) is 6.03. The number of H-pyrrole nitrogens is 1. The lowest BCUT2D eigenvalue weighted by Crippen LogP contribution is -2.18. The van der Waals surface area contributed by atoms with Crippen molar-refractivity contribution in [2.75, 3.05) is 19.3 Å². The van der Waals surface area contributed by atoms with Crippen LogP contribution in [0, 0.1) is 5.92 Å². The second-order valence-electron chi connectivity index (χ2n) is 4.27. The van der Waals surface area contributed by atoms with E-state index in [4.69, 9.17) is 0 Å². The van der Waals surface area contributed by atoms with Crippen molar-refractivity contribution in [1.29, 1.82) is 0 Å². The summed E-state index contributed by atoms with van der Waals surface area (Å²) in [6.45, 7) is 5.24. The second kappa shape index (κ2) is 7.50. The van der Waals surface area contributed by atoms with Crippen LogP contribution in [0.15, 0.2) is 16.0 Å². The molecule has 1 rings (SSSR count). The Morgan fingerprint density at radius 2 is 2.35 bits per heavy atom. The molecule has 0 aromatic carbocycles. The van der Waals surface area contributed by atoms with Crippen LogP contribution in [0.1, 0.15) is 26.0 Å². The second-order valence-corrected chi connectivity index (χ2v) is 5.27. The predicted molar refractivity (Wildman–Crippen MR) is 72.7 cm³/mol. The van der Waals surface area contributed by atoms with Crippen LogP contribution in [-0.4, -0.2) is 29.3 Å². The largest absolute Gasteiger partial charge is 0.319 e. The van der Waals surface area contributed by atoms with Gasteiger partial charge in [0.2, 0.25) is 0 Å². The highest BCUT2D eigenvalue weighted by Gasteiger charge is 2.05. The van der Waals surface area contributed by atoms with E-state index >= 15 is 0 Å². The lowest BCUT2D eigenvalue weighted by molar-refractivity contribution is 0.603. The molecule has 0 radical (unpaired) electrons. The van der Waals surface area contributed by atoms with Gasteiger partial charge in [-0.15, -0.1) is 0 Å².